The van der Waals surface area contributed by atoms with Crippen LogP contribution in [0.2, 0.25) is 0 Å². The number of nitrogens with one attached hydrogen (secondary N) is 2. The fourth-order valence-electron chi connectivity index (χ4n) is 3.88. The van der Waals surface area contributed by atoms with E-state index in [1.165, 1.54) is 10.9 Å². The molecule has 1 heterocycles. The number of aromatic nitrogens is 1. The lowest BCUT2D eigenvalue weighted by atomic mass is 9.87. The van der Waals surface area contributed by atoms with Crippen LogP contribution >= 0.6 is 0 Å². The van der Waals surface area contributed by atoms with Gasteiger partial charge in [0.05, 0.1) is 12.0 Å². The minimum absolute atomic E-state index is 0.0337. The summed E-state index contributed by atoms with van der Waals surface area (Å²) >= 11 is 0. The fraction of sp³-hybridized carbons (Fsp3) is 0.360. The number of hydrogen-bond donors (Lipinski definition) is 2. The average Bonchev–Trinajstić information content (AvgIpc) is 3.11. The van der Waals surface area contributed by atoms with Crippen molar-refractivity contribution >= 4 is 16.8 Å². The largest absolute Gasteiger partial charge is 0.361 e. The zero-order valence-corrected chi connectivity index (χ0v) is 18.2. The summed E-state index contributed by atoms with van der Waals surface area (Å²) < 4.78 is 0. The zero-order valence-electron chi connectivity index (χ0n) is 18.2. The van der Waals surface area contributed by atoms with Crippen molar-refractivity contribution in [2.45, 2.75) is 32.7 Å². The minimum atomic E-state index is -0.265. The number of carbonyl (C=O) groups is 1. The van der Waals surface area contributed by atoms with Gasteiger partial charge >= 0.3 is 0 Å². The van der Waals surface area contributed by atoms with Gasteiger partial charge in [-0.3, -0.25) is 4.79 Å². The SMILES string of the molecule is CC(C)CC(C(=O)NCC#N)c1cccc(-c2ccc3[nH]cc(CN(C)C)c3c2)c1. The van der Waals surface area contributed by atoms with Crippen molar-refractivity contribution in [2.75, 3.05) is 20.6 Å². The minimum Gasteiger partial charge on any atom is -0.361 e. The van der Waals surface area contributed by atoms with Crippen LogP contribution in [0, 0.1) is 17.2 Å². The number of H-pyrrole nitrogens is 1. The number of carbonyl (C=O) groups excluding carboxylic acids is 1. The molecule has 1 aromatic heterocycles. The second-order valence-corrected chi connectivity index (χ2v) is 8.50. The maximum Gasteiger partial charge on any atom is 0.228 e. The first-order valence-electron chi connectivity index (χ1n) is 10.4. The highest BCUT2D eigenvalue weighted by atomic mass is 16.1. The smallest absolute Gasteiger partial charge is 0.228 e. The molecule has 156 valence electrons. The first-order valence-corrected chi connectivity index (χ1v) is 10.4. The maximum absolute atomic E-state index is 12.7. The Bertz CT molecular complexity index is 1060. The van der Waals surface area contributed by atoms with Gasteiger partial charge in [-0.1, -0.05) is 44.2 Å². The van der Waals surface area contributed by atoms with Gasteiger partial charge in [0.1, 0.15) is 6.54 Å². The van der Waals surface area contributed by atoms with Gasteiger partial charge in [0.2, 0.25) is 5.91 Å². The summed E-state index contributed by atoms with van der Waals surface area (Å²) in [7, 11) is 4.14. The van der Waals surface area contributed by atoms with E-state index in [9.17, 15) is 4.79 Å². The third-order valence-corrected chi connectivity index (χ3v) is 5.24. The lowest BCUT2D eigenvalue weighted by Crippen LogP contribution is -2.30. The van der Waals surface area contributed by atoms with Crippen molar-refractivity contribution in [3.63, 3.8) is 0 Å². The first kappa shape index (κ1) is 21.6. The second kappa shape index (κ2) is 9.60. The maximum atomic E-state index is 12.7. The van der Waals surface area contributed by atoms with Gasteiger partial charge in [-0.25, -0.2) is 0 Å². The van der Waals surface area contributed by atoms with Gasteiger partial charge in [0.25, 0.3) is 0 Å². The number of aromatic amines is 1. The molecule has 0 aliphatic heterocycles. The van der Waals surface area contributed by atoms with E-state index in [4.69, 9.17) is 5.26 Å². The fourth-order valence-corrected chi connectivity index (χ4v) is 3.88. The summed E-state index contributed by atoms with van der Waals surface area (Å²) in [5, 5.41) is 12.8. The van der Waals surface area contributed by atoms with Gasteiger partial charge in [0.15, 0.2) is 0 Å². The van der Waals surface area contributed by atoms with E-state index >= 15 is 0 Å². The molecule has 0 saturated carbocycles. The van der Waals surface area contributed by atoms with Crippen molar-refractivity contribution in [1.82, 2.24) is 15.2 Å². The van der Waals surface area contributed by atoms with Gasteiger partial charge in [0, 0.05) is 23.6 Å². The van der Waals surface area contributed by atoms with E-state index in [-0.39, 0.29) is 18.4 Å². The quantitative estimate of drug-likeness (QED) is 0.538. The molecule has 0 spiro atoms. The molecule has 0 radical (unpaired) electrons. The molecule has 0 aliphatic carbocycles. The standard InChI is InChI=1S/C25H30N4O/c1-17(2)12-23(25(30)27-11-10-26)20-7-5-6-18(13-20)19-8-9-24-22(14-19)21(15-28-24)16-29(3)4/h5-9,13-15,17,23,28H,11-12,16H2,1-4H3,(H,27,30). The first-order chi connectivity index (χ1) is 14.4. The van der Waals surface area contributed by atoms with E-state index in [0.29, 0.717) is 5.92 Å². The van der Waals surface area contributed by atoms with Gasteiger partial charge in [-0.05, 0) is 60.8 Å². The molecule has 30 heavy (non-hydrogen) atoms. The van der Waals surface area contributed by atoms with Gasteiger partial charge in [-0.2, -0.15) is 5.26 Å². The predicted molar refractivity (Wildman–Crippen MR) is 122 cm³/mol. The Labute approximate surface area is 178 Å². The Kier molecular flexibility index (Phi) is 6.91. The van der Waals surface area contributed by atoms with Crippen LogP contribution in [0.25, 0.3) is 22.0 Å². The third-order valence-electron chi connectivity index (χ3n) is 5.24. The third kappa shape index (κ3) is 5.08. The van der Waals surface area contributed by atoms with Crippen LogP contribution in [0.5, 0.6) is 0 Å². The van der Waals surface area contributed by atoms with Crippen molar-refractivity contribution in [2.24, 2.45) is 5.92 Å². The van der Waals surface area contributed by atoms with Crippen LogP contribution in [0.15, 0.2) is 48.7 Å². The Balaban J connectivity index is 1.97. The summed E-state index contributed by atoms with van der Waals surface area (Å²) in [6.45, 7) is 5.13. The molecule has 0 bridgehead atoms. The highest BCUT2D eigenvalue weighted by Gasteiger charge is 2.22. The second-order valence-electron chi connectivity index (χ2n) is 8.50. The van der Waals surface area contributed by atoms with Gasteiger partial charge < -0.3 is 15.2 Å². The van der Waals surface area contributed by atoms with Crippen LogP contribution in [-0.4, -0.2) is 36.4 Å². The highest BCUT2D eigenvalue weighted by Crippen LogP contribution is 2.31. The molecule has 5 nitrogen and oxygen atoms in total. The predicted octanol–water partition coefficient (Wildman–Crippen LogP) is 4.67. The molecule has 1 unspecified atom stereocenters. The molecule has 3 rings (SSSR count). The molecule has 3 aromatic rings. The van der Waals surface area contributed by atoms with E-state index in [1.54, 1.807) is 0 Å². The number of hydrogen-bond acceptors (Lipinski definition) is 3. The summed E-state index contributed by atoms with van der Waals surface area (Å²) in [4.78, 5) is 18.2. The highest BCUT2D eigenvalue weighted by molar-refractivity contribution is 5.88. The van der Waals surface area contributed by atoms with Crippen LogP contribution < -0.4 is 5.32 Å². The van der Waals surface area contributed by atoms with Crippen LogP contribution in [0.3, 0.4) is 0 Å². The molecule has 1 amide bonds. The number of nitrogens with zero attached hydrogens (tertiary/aromatic N) is 2. The van der Waals surface area contributed by atoms with Crippen LogP contribution in [-0.2, 0) is 11.3 Å². The topological polar surface area (TPSA) is 71.9 Å². The molecule has 2 aromatic carbocycles. The normalized spacial score (nSPS) is 12.3. The summed E-state index contributed by atoms with van der Waals surface area (Å²) in [5.74, 6) is 0.0200. The van der Waals surface area contributed by atoms with Crippen molar-refractivity contribution in [3.05, 3.63) is 59.8 Å². The molecular weight excluding hydrogens is 372 g/mol. The Morgan fingerprint density at radius 1 is 1.17 bits per heavy atom. The van der Waals surface area contributed by atoms with Gasteiger partial charge in [-0.15, -0.1) is 0 Å². The van der Waals surface area contributed by atoms with E-state index in [2.05, 4.69) is 79.7 Å². The van der Waals surface area contributed by atoms with Crippen molar-refractivity contribution in [3.8, 4) is 17.2 Å². The van der Waals surface area contributed by atoms with Crippen LogP contribution in [0.4, 0.5) is 0 Å². The summed E-state index contributed by atoms with van der Waals surface area (Å²) in [6.07, 6.45) is 2.81. The Morgan fingerprint density at radius 3 is 2.63 bits per heavy atom. The molecule has 2 N–H and O–H groups in total. The molecule has 0 fully saturated rings. The number of rotatable bonds is 8. The van der Waals surface area contributed by atoms with Crippen molar-refractivity contribution in [1.29, 1.82) is 5.26 Å². The van der Waals surface area contributed by atoms with E-state index in [0.717, 1.165) is 35.2 Å². The molecule has 0 aliphatic rings. The zero-order chi connectivity index (χ0) is 21.7. The molecule has 0 saturated heterocycles. The lowest BCUT2D eigenvalue weighted by molar-refractivity contribution is -0.122. The summed E-state index contributed by atoms with van der Waals surface area (Å²) in [5.41, 5.74) is 5.60. The molecule has 1 atom stereocenters. The Hall–Kier alpha value is -3.10. The van der Waals surface area contributed by atoms with E-state index in [1.807, 2.05) is 18.2 Å². The lowest BCUT2D eigenvalue weighted by Gasteiger charge is -2.19. The number of benzene rings is 2. The molecule has 5 heteroatoms. The van der Waals surface area contributed by atoms with Crippen LogP contribution in [0.1, 0.15) is 37.3 Å². The average molecular weight is 403 g/mol. The van der Waals surface area contributed by atoms with Crippen molar-refractivity contribution < 1.29 is 4.79 Å². The number of fused-ring (bicyclic) bond motifs is 1. The molecular formula is C25H30N4O. The monoisotopic (exact) mass is 402 g/mol. The Morgan fingerprint density at radius 2 is 1.93 bits per heavy atom. The summed E-state index contributed by atoms with van der Waals surface area (Å²) in [6, 6.07) is 16.7. The number of amides is 1. The number of nitriles is 1. The van der Waals surface area contributed by atoms with E-state index < -0.39 is 0 Å².